The third-order valence-corrected chi connectivity index (χ3v) is 3.71. The van der Waals surface area contributed by atoms with Crippen LogP contribution in [0.5, 0.6) is 5.75 Å². The molecule has 0 saturated heterocycles. The van der Waals surface area contributed by atoms with Crippen molar-refractivity contribution in [1.82, 2.24) is 5.32 Å². The topological polar surface area (TPSA) is 30.5 Å². The molecule has 1 fully saturated rings. The summed E-state index contributed by atoms with van der Waals surface area (Å²) >= 11 is 0. The van der Waals surface area contributed by atoms with Crippen LogP contribution in [-0.2, 0) is 11.3 Å². The smallest absolute Gasteiger partial charge is 0.119 e. The van der Waals surface area contributed by atoms with Gasteiger partial charge in [-0.25, -0.2) is 0 Å². The van der Waals surface area contributed by atoms with Crippen LogP contribution < -0.4 is 10.1 Å². The molecule has 1 aliphatic rings. The van der Waals surface area contributed by atoms with Gasteiger partial charge >= 0.3 is 0 Å². The highest BCUT2D eigenvalue weighted by molar-refractivity contribution is 5.28. The van der Waals surface area contributed by atoms with Crippen LogP contribution in [0.25, 0.3) is 0 Å². The molecule has 0 aliphatic heterocycles. The molecule has 1 N–H and O–H groups in total. The standard InChI is InChI=1S/C15H23NO2/c1-17-13-7-5-6-12(10-13)11-16-14-8-3-4-9-15(14)18-2/h5-7,10,14-16H,3-4,8-9,11H2,1-2H3. The molecular weight excluding hydrogens is 226 g/mol. The van der Waals surface area contributed by atoms with Gasteiger partial charge in [-0.1, -0.05) is 25.0 Å². The average Bonchev–Trinajstić information content (AvgIpc) is 2.45. The molecule has 2 atom stereocenters. The van der Waals surface area contributed by atoms with Crippen LogP contribution in [0, 0.1) is 0 Å². The first-order valence-electron chi connectivity index (χ1n) is 6.72. The molecular formula is C15H23NO2. The van der Waals surface area contributed by atoms with Crippen LogP contribution in [-0.4, -0.2) is 26.4 Å². The highest BCUT2D eigenvalue weighted by atomic mass is 16.5. The molecule has 0 bridgehead atoms. The Labute approximate surface area is 109 Å². The minimum atomic E-state index is 0.365. The van der Waals surface area contributed by atoms with Gasteiger partial charge in [0.25, 0.3) is 0 Å². The number of hydrogen-bond donors (Lipinski definition) is 1. The second-order valence-corrected chi connectivity index (χ2v) is 4.90. The Morgan fingerprint density at radius 3 is 2.83 bits per heavy atom. The highest BCUT2D eigenvalue weighted by Gasteiger charge is 2.24. The van der Waals surface area contributed by atoms with Crippen molar-refractivity contribution in [2.24, 2.45) is 0 Å². The van der Waals surface area contributed by atoms with E-state index in [1.165, 1.54) is 31.2 Å². The summed E-state index contributed by atoms with van der Waals surface area (Å²) in [6.07, 6.45) is 5.34. The summed E-state index contributed by atoms with van der Waals surface area (Å²) in [7, 11) is 3.52. The molecule has 3 heteroatoms. The maximum Gasteiger partial charge on any atom is 0.119 e. The van der Waals surface area contributed by atoms with E-state index in [-0.39, 0.29) is 0 Å². The molecule has 1 aliphatic carbocycles. The van der Waals surface area contributed by atoms with Gasteiger partial charge in [-0.2, -0.15) is 0 Å². The molecule has 1 saturated carbocycles. The van der Waals surface area contributed by atoms with Crippen molar-refractivity contribution in [2.45, 2.75) is 44.4 Å². The SMILES string of the molecule is COc1cccc(CNC2CCCCC2OC)c1. The van der Waals surface area contributed by atoms with E-state index in [1.54, 1.807) is 7.11 Å². The Morgan fingerprint density at radius 2 is 2.06 bits per heavy atom. The number of methoxy groups -OCH3 is 2. The highest BCUT2D eigenvalue weighted by Crippen LogP contribution is 2.21. The van der Waals surface area contributed by atoms with Crippen molar-refractivity contribution < 1.29 is 9.47 Å². The summed E-state index contributed by atoms with van der Waals surface area (Å²) in [5.74, 6) is 0.918. The van der Waals surface area contributed by atoms with Gasteiger partial charge in [-0.3, -0.25) is 0 Å². The zero-order valence-corrected chi connectivity index (χ0v) is 11.3. The van der Waals surface area contributed by atoms with Crippen molar-refractivity contribution in [3.05, 3.63) is 29.8 Å². The lowest BCUT2D eigenvalue weighted by atomic mass is 9.92. The summed E-state index contributed by atoms with van der Waals surface area (Å²) in [5.41, 5.74) is 1.26. The third kappa shape index (κ3) is 3.47. The molecule has 0 aromatic heterocycles. The van der Waals surface area contributed by atoms with Gasteiger partial charge in [0, 0.05) is 19.7 Å². The lowest BCUT2D eigenvalue weighted by Crippen LogP contribution is -2.42. The van der Waals surface area contributed by atoms with Gasteiger partial charge in [0.05, 0.1) is 13.2 Å². The number of benzene rings is 1. The van der Waals surface area contributed by atoms with Crippen molar-refractivity contribution >= 4 is 0 Å². The molecule has 1 aromatic rings. The maximum atomic E-state index is 5.55. The Morgan fingerprint density at radius 1 is 1.22 bits per heavy atom. The first-order chi connectivity index (χ1) is 8.83. The van der Waals surface area contributed by atoms with Gasteiger partial charge < -0.3 is 14.8 Å². The summed E-state index contributed by atoms with van der Waals surface area (Å²) in [4.78, 5) is 0. The van der Waals surface area contributed by atoms with Crippen molar-refractivity contribution in [2.75, 3.05) is 14.2 Å². The van der Waals surface area contributed by atoms with E-state index in [0.29, 0.717) is 12.1 Å². The van der Waals surface area contributed by atoms with Gasteiger partial charge in [-0.15, -0.1) is 0 Å². The summed E-state index contributed by atoms with van der Waals surface area (Å²) in [5, 5.41) is 3.61. The molecule has 2 rings (SSSR count). The zero-order valence-electron chi connectivity index (χ0n) is 11.3. The van der Waals surface area contributed by atoms with E-state index in [4.69, 9.17) is 9.47 Å². The Hall–Kier alpha value is -1.06. The van der Waals surface area contributed by atoms with Crippen LogP contribution in [0.4, 0.5) is 0 Å². The molecule has 0 spiro atoms. The van der Waals surface area contributed by atoms with Crippen LogP contribution in [0.3, 0.4) is 0 Å². The quantitative estimate of drug-likeness (QED) is 0.870. The molecule has 100 valence electrons. The number of rotatable bonds is 5. The van der Waals surface area contributed by atoms with Gasteiger partial charge in [-0.05, 0) is 30.5 Å². The van der Waals surface area contributed by atoms with Crippen LogP contribution in [0.1, 0.15) is 31.2 Å². The lowest BCUT2D eigenvalue weighted by Gasteiger charge is -2.31. The number of hydrogen-bond acceptors (Lipinski definition) is 3. The largest absolute Gasteiger partial charge is 0.497 e. The molecule has 18 heavy (non-hydrogen) atoms. The van der Waals surface area contributed by atoms with Crippen LogP contribution in [0.15, 0.2) is 24.3 Å². The van der Waals surface area contributed by atoms with Crippen LogP contribution >= 0.6 is 0 Å². The molecule has 3 nitrogen and oxygen atoms in total. The zero-order chi connectivity index (χ0) is 12.8. The fourth-order valence-electron chi connectivity index (χ4n) is 2.64. The van der Waals surface area contributed by atoms with Crippen molar-refractivity contribution in [3.63, 3.8) is 0 Å². The first kappa shape index (κ1) is 13.4. The van der Waals surface area contributed by atoms with Gasteiger partial charge in [0.15, 0.2) is 0 Å². The van der Waals surface area contributed by atoms with E-state index < -0.39 is 0 Å². The first-order valence-corrected chi connectivity index (χ1v) is 6.72. The number of nitrogens with one attached hydrogen (secondary N) is 1. The van der Waals surface area contributed by atoms with E-state index in [9.17, 15) is 0 Å². The Kier molecular flexibility index (Phi) is 5.02. The normalized spacial score (nSPS) is 23.9. The third-order valence-electron chi connectivity index (χ3n) is 3.71. The minimum absolute atomic E-state index is 0.365. The van der Waals surface area contributed by atoms with E-state index in [0.717, 1.165) is 12.3 Å². The number of ether oxygens (including phenoxy) is 2. The van der Waals surface area contributed by atoms with Gasteiger partial charge in [0.2, 0.25) is 0 Å². The van der Waals surface area contributed by atoms with Gasteiger partial charge in [0.1, 0.15) is 5.75 Å². The summed E-state index contributed by atoms with van der Waals surface area (Å²) < 4.78 is 10.8. The fraction of sp³-hybridized carbons (Fsp3) is 0.600. The predicted molar refractivity (Wildman–Crippen MR) is 72.9 cm³/mol. The minimum Gasteiger partial charge on any atom is -0.497 e. The second-order valence-electron chi connectivity index (χ2n) is 4.90. The average molecular weight is 249 g/mol. The lowest BCUT2D eigenvalue weighted by molar-refractivity contribution is 0.0413. The Balaban J connectivity index is 1.89. The van der Waals surface area contributed by atoms with E-state index in [2.05, 4.69) is 17.4 Å². The maximum absolute atomic E-state index is 5.55. The van der Waals surface area contributed by atoms with E-state index in [1.807, 2.05) is 19.2 Å². The monoisotopic (exact) mass is 249 g/mol. The molecule has 0 heterocycles. The van der Waals surface area contributed by atoms with Crippen molar-refractivity contribution in [1.29, 1.82) is 0 Å². The second kappa shape index (κ2) is 6.76. The molecule has 0 radical (unpaired) electrons. The predicted octanol–water partition coefficient (Wildman–Crippen LogP) is 2.74. The summed E-state index contributed by atoms with van der Waals surface area (Å²) in [6, 6.07) is 8.69. The molecule has 0 amide bonds. The summed E-state index contributed by atoms with van der Waals surface area (Å²) in [6.45, 7) is 0.877. The Bertz CT molecular complexity index is 367. The van der Waals surface area contributed by atoms with E-state index >= 15 is 0 Å². The molecule has 1 aromatic carbocycles. The fourth-order valence-corrected chi connectivity index (χ4v) is 2.64. The van der Waals surface area contributed by atoms with Crippen molar-refractivity contribution in [3.8, 4) is 5.75 Å². The van der Waals surface area contributed by atoms with Crippen LogP contribution in [0.2, 0.25) is 0 Å². The molecule has 2 unspecified atom stereocenters.